The number of nitrogens with zero attached hydrogens (tertiary/aromatic N) is 1. The highest BCUT2D eigenvalue weighted by Gasteiger charge is 2.10. The molecular weight excluding hydrogens is 307 g/mol. The zero-order valence-electron chi connectivity index (χ0n) is 8.29. The third-order valence-electron chi connectivity index (χ3n) is 1.74. The van der Waals surface area contributed by atoms with Gasteiger partial charge in [0.2, 0.25) is 0 Å². The molecule has 1 rings (SSSR count). The smallest absolute Gasteiger partial charge is 0.282 e. The molecule has 0 aliphatic heterocycles. The predicted molar refractivity (Wildman–Crippen MR) is 69.1 cm³/mol. The molecule has 0 bridgehead atoms. The van der Waals surface area contributed by atoms with Crippen LogP contribution in [0.25, 0.3) is 0 Å². The lowest BCUT2D eigenvalue weighted by Crippen LogP contribution is -2.02. The van der Waals surface area contributed by atoms with Gasteiger partial charge in [0.25, 0.3) is 5.69 Å². The second-order valence-electron chi connectivity index (χ2n) is 3.23. The van der Waals surface area contributed by atoms with Gasteiger partial charge in [-0.15, -0.1) is 0 Å². The maximum atomic E-state index is 10.6. The molecule has 4 nitrogen and oxygen atoms in total. The van der Waals surface area contributed by atoms with E-state index in [1.165, 1.54) is 6.07 Å². The zero-order valence-corrected chi connectivity index (χ0v) is 10.4. The van der Waals surface area contributed by atoms with Crippen molar-refractivity contribution in [1.29, 1.82) is 0 Å². The van der Waals surface area contributed by atoms with Crippen LogP contribution >= 0.6 is 22.6 Å². The molecule has 0 saturated heterocycles. The largest absolute Gasteiger partial charge is 0.381 e. The van der Waals surface area contributed by atoms with Crippen molar-refractivity contribution in [2.45, 2.75) is 6.92 Å². The van der Waals surface area contributed by atoms with Crippen LogP contribution in [0.1, 0.15) is 6.92 Å². The van der Waals surface area contributed by atoms with Gasteiger partial charge in [0, 0.05) is 18.3 Å². The van der Waals surface area contributed by atoms with Crippen LogP contribution < -0.4 is 5.32 Å². The molecule has 0 spiro atoms. The quantitative estimate of drug-likeness (QED) is 0.401. The van der Waals surface area contributed by atoms with Crippen LogP contribution in [0, 0.1) is 13.7 Å². The van der Waals surface area contributed by atoms with Gasteiger partial charge in [-0.1, -0.05) is 12.2 Å². The minimum absolute atomic E-state index is 0.136. The molecule has 0 atom stereocenters. The average molecular weight is 318 g/mol. The summed E-state index contributed by atoms with van der Waals surface area (Å²) in [5, 5.41) is 13.7. The normalized spacial score (nSPS) is 9.73. The van der Waals surface area contributed by atoms with Crippen LogP contribution in [-0.2, 0) is 0 Å². The molecule has 1 N–H and O–H groups in total. The Hall–Kier alpha value is -1.11. The summed E-state index contributed by atoms with van der Waals surface area (Å²) in [6, 6.07) is 4.95. The molecule has 0 amide bonds. The Labute approximate surface area is 102 Å². The molecule has 0 heterocycles. The van der Waals surface area contributed by atoms with Crippen molar-refractivity contribution in [3.63, 3.8) is 0 Å². The molecule has 1 aromatic rings. The lowest BCUT2D eigenvalue weighted by molar-refractivity contribution is -0.385. The van der Waals surface area contributed by atoms with E-state index in [2.05, 4.69) is 11.9 Å². The Morgan fingerprint density at radius 2 is 2.33 bits per heavy atom. The van der Waals surface area contributed by atoms with E-state index in [1.54, 1.807) is 12.1 Å². The fraction of sp³-hybridized carbons (Fsp3) is 0.200. The number of hydrogen-bond acceptors (Lipinski definition) is 3. The van der Waals surface area contributed by atoms with Crippen molar-refractivity contribution in [2.24, 2.45) is 0 Å². The average Bonchev–Trinajstić information content (AvgIpc) is 2.14. The van der Waals surface area contributed by atoms with Gasteiger partial charge >= 0.3 is 0 Å². The number of nitro groups is 1. The maximum absolute atomic E-state index is 10.6. The number of nitrogens with one attached hydrogen (secondary N) is 1. The summed E-state index contributed by atoms with van der Waals surface area (Å²) in [5.41, 5.74) is 2.02. The minimum atomic E-state index is -0.385. The lowest BCUT2D eigenvalue weighted by Gasteiger charge is -2.06. The Morgan fingerprint density at radius 3 is 2.80 bits per heavy atom. The SMILES string of the molecule is C=C(C)CNc1ccc([N+](=O)[O-])c(I)c1. The molecule has 0 fully saturated rings. The lowest BCUT2D eigenvalue weighted by atomic mass is 10.2. The van der Waals surface area contributed by atoms with Crippen molar-refractivity contribution in [2.75, 3.05) is 11.9 Å². The topological polar surface area (TPSA) is 55.2 Å². The summed E-state index contributed by atoms with van der Waals surface area (Å²) in [5.74, 6) is 0. The minimum Gasteiger partial charge on any atom is -0.381 e. The molecule has 0 aliphatic rings. The Morgan fingerprint density at radius 1 is 1.67 bits per heavy atom. The molecule has 0 unspecified atom stereocenters. The highest BCUT2D eigenvalue weighted by Crippen LogP contribution is 2.24. The summed E-state index contributed by atoms with van der Waals surface area (Å²) in [4.78, 5) is 10.2. The van der Waals surface area contributed by atoms with Crippen LogP contribution in [0.5, 0.6) is 0 Å². The van der Waals surface area contributed by atoms with E-state index in [9.17, 15) is 10.1 Å². The number of nitro benzene ring substituents is 1. The van der Waals surface area contributed by atoms with E-state index >= 15 is 0 Å². The first-order valence-electron chi connectivity index (χ1n) is 4.33. The van der Waals surface area contributed by atoms with Gasteiger partial charge in [-0.3, -0.25) is 10.1 Å². The van der Waals surface area contributed by atoms with Crippen molar-refractivity contribution < 1.29 is 4.92 Å². The highest BCUT2D eigenvalue weighted by molar-refractivity contribution is 14.1. The van der Waals surface area contributed by atoms with Crippen molar-refractivity contribution >= 4 is 34.0 Å². The second-order valence-corrected chi connectivity index (χ2v) is 4.40. The molecule has 5 heteroatoms. The molecule has 0 aromatic heterocycles. The van der Waals surface area contributed by atoms with Crippen molar-refractivity contribution in [3.05, 3.63) is 44.0 Å². The number of halogens is 1. The van der Waals surface area contributed by atoms with Gasteiger partial charge in [-0.2, -0.15) is 0 Å². The Balaban J connectivity index is 2.82. The van der Waals surface area contributed by atoms with Gasteiger partial charge in [0.15, 0.2) is 0 Å². The van der Waals surface area contributed by atoms with Gasteiger partial charge in [0.05, 0.1) is 8.49 Å². The number of rotatable bonds is 4. The van der Waals surface area contributed by atoms with Crippen LogP contribution in [0.15, 0.2) is 30.4 Å². The summed E-state index contributed by atoms with van der Waals surface area (Å²) in [6.07, 6.45) is 0. The zero-order chi connectivity index (χ0) is 11.4. The number of anilines is 1. The number of benzene rings is 1. The summed E-state index contributed by atoms with van der Waals surface area (Å²) in [6.45, 7) is 6.36. The first-order chi connectivity index (χ1) is 7.00. The summed E-state index contributed by atoms with van der Waals surface area (Å²) in [7, 11) is 0. The second kappa shape index (κ2) is 5.11. The molecular formula is C10H11IN2O2. The molecule has 15 heavy (non-hydrogen) atoms. The maximum Gasteiger partial charge on any atom is 0.282 e. The molecule has 80 valence electrons. The van der Waals surface area contributed by atoms with E-state index in [0.29, 0.717) is 10.1 Å². The molecule has 0 saturated carbocycles. The van der Waals surface area contributed by atoms with Crippen LogP contribution in [0.2, 0.25) is 0 Å². The number of hydrogen-bond donors (Lipinski definition) is 1. The van der Waals surface area contributed by atoms with Crippen LogP contribution in [-0.4, -0.2) is 11.5 Å². The summed E-state index contributed by atoms with van der Waals surface area (Å²) < 4.78 is 0.629. The highest BCUT2D eigenvalue weighted by atomic mass is 127. The van der Waals surface area contributed by atoms with E-state index in [0.717, 1.165) is 11.3 Å². The van der Waals surface area contributed by atoms with Gasteiger partial charge < -0.3 is 5.32 Å². The fourth-order valence-electron chi connectivity index (χ4n) is 1.02. The van der Waals surface area contributed by atoms with Crippen molar-refractivity contribution in [3.8, 4) is 0 Å². The van der Waals surface area contributed by atoms with Crippen LogP contribution in [0.4, 0.5) is 11.4 Å². The molecule has 1 aromatic carbocycles. The van der Waals surface area contributed by atoms with Crippen LogP contribution in [0.3, 0.4) is 0 Å². The van der Waals surface area contributed by atoms with Gasteiger partial charge in [0.1, 0.15) is 0 Å². The fourth-order valence-corrected chi connectivity index (χ4v) is 1.73. The van der Waals surface area contributed by atoms with E-state index in [4.69, 9.17) is 0 Å². The van der Waals surface area contributed by atoms with Gasteiger partial charge in [-0.05, 0) is 41.6 Å². The first kappa shape index (κ1) is 12.0. The van der Waals surface area contributed by atoms with E-state index in [1.807, 2.05) is 29.5 Å². The molecule has 0 aliphatic carbocycles. The van der Waals surface area contributed by atoms with E-state index < -0.39 is 0 Å². The van der Waals surface area contributed by atoms with Crippen molar-refractivity contribution in [1.82, 2.24) is 0 Å². The third-order valence-corrected chi connectivity index (χ3v) is 2.60. The third kappa shape index (κ3) is 3.50. The monoisotopic (exact) mass is 318 g/mol. The standard InChI is InChI=1S/C10H11IN2O2/c1-7(2)6-12-8-3-4-10(13(14)15)9(11)5-8/h3-5,12H,1,6H2,2H3. The predicted octanol–water partition coefficient (Wildman–Crippen LogP) is 3.19. The Kier molecular flexibility index (Phi) is 4.07. The first-order valence-corrected chi connectivity index (χ1v) is 5.41. The Bertz CT molecular complexity index is 404. The van der Waals surface area contributed by atoms with Gasteiger partial charge in [-0.25, -0.2) is 0 Å². The molecule has 0 radical (unpaired) electrons. The van der Waals surface area contributed by atoms with E-state index in [-0.39, 0.29) is 10.6 Å². The summed E-state index contributed by atoms with van der Waals surface area (Å²) >= 11 is 1.95.